The number of carboxylic acid groups (broad SMARTS) is 1. The molecule has 4 nitrogen and oxygen atoms in total. The van der Waals surface area contributed by atoms with E-state index in [0.717, 1.165) is 20.7 Å². The molecule has 18 heavy (non-hydrogen) atoms. The Labute approximate surface area is 115 Å². The van der Waals surface area contributed by atoms with Crippen LogP contribution < -0.4 is 0 Å². The molecule has 0 amide bonds. The summed E-state index contributed by atoms with van der Waals surface area (Å²) in [7, 11) is 0. The Bertz CT molecular complexity index is 750. The molecule has 0 saturated heterocycles. The van der Waals surface area contributed by atoms with Gasteiger partial charge < -0.3 is 5.11 Å². The zero-order valence-electron chi connectivity index (χ0n) is 8.75. The maximum Gasteiger partial charge on any atom is 0.345 e. The normalized spacial score (nSPS) is 10.9. The smallest absolute Gasteiger partial charge is 0.345 e. The second kappa shape index (κ2) is 4.31. The number of hydrogen-bond acceptors (Lipinski definition) is 5. The molecule has 0 aliphatic carbocycles. The van der Waals surface area contributed by atoms with Crippen LogP contribution in [0.4, 0.5) is 0 Å². The van der Waals surface area contributed by atoms with Gasteiger partial charge in [0.25, 0.3) is 0 Å². The molecule has 0 bridgehead atoms. The Balaban J connectivity index is 2.22. The summed E-state index contributed by atoms with van der Waals surface area (Å²) in [5.74, 6) is -0.923. The molecule has 0 fully saturated rings. The van der Waals surface area contributed by atoms with Crippen LogP contribution in [0.2, 0.25) is 5.15 Å². The van der Waals surface area contributed by atoms with Gasteiger partial charge >= 0.3 is 5.97 Å². The van der Waals surface area contributed by atoms with Crippen LogP contribution in [0.15, 0.2) is 23.8 Å². The Kier molecular flexibility index (Phi) is 2.77. The quantitative estimate of drug-likeness (QED) is 0.731. The highest BCUT2D eigenvalue weighted by molar-refractivity contribution is 7.20. The van der Waals surface area contributed by atoms with Gasteiger partial charge in [-0.05, 0) is 12.1 Å². The van der Waals surface area contributed by atoms with Gasteiger partial charge in [-0.2, -0.15) is 0 Å². The molecule has 3 rings (SSSR count). The van der Waals surface area contributed by atoms with E-state index in [1.165, 1.54) is 29.0 Å². The van der Waals surface area contributed by atoms with E-state index in [4.69, 9.17) is 16.7 Å². The first-order chi connectivity index (χ1) is 8.66. The number of carboxylic acids is 1. The van der Waals surface area contributed by atoms with Crippen molar-refractivity contribution in [2.45, 2.75) is 0 Å². The average molecular weight is 297 g/mol. The van der Waals surface area contributed by atoms with Crippen molar-refractivity contribution in [3.63, 3.8) is 0 Å². The third-order valence-electron chi connectivity index (χ3n) is 2.41. The standard InChI is InChI=1S/C11H5ClN2O2S2/c12-9-8-5(3-17-10(8)14-4-13-9)6-1-2-7(18-6)11(15)16/h1-4H,(H,15,16). The van der Waals surface area contributed by atoms with Crippen LogP contribution in [0, 0.1) is 0 Å². The summed E-state index contributed by atoms with van der Waals surface area (Å²) in [6, 6.07) is 3.36. The summed E-state index contributed by atoms with van der Waals surface area (Å²) in [6.07, 6.45) is 1.42. The molecule has 3 heterocycles. The fourth-order valence-corrected chi connectivity index (χ4v) is 3.76. The molecule has 0 radical (unpaired) electrons. The van der Waals surface area contributed by atoms with Gasteiger partial charge in [0.1, 0.15) is 21.2 Å². The van der Waals surface area contributed by atoms with Gasteiger partial charge in [-0.15, -0.1) is 22.7 Å². The maximum absolute atomic E-state index is 10.9. The third kappa shape index (κ3) is 1.78. The molecule has 3 aromatic heterocycles. The number of nitrogens with zero attached hydrogens (tertiary/aromatic N) is 2. The number of carbonyl (C=O) groups is 1. The van der Waals surface area contributed by atoms with Gasteiger partial charge in [0.2, 0.25) is 0 Å². The van der Waals surface area contributed by atoms with Gasteiger partial charge in [-0.3, -0.25) is 0 Å². The summed E-state index contributed by atoms with van der Waals surface area (Å²) in [5, 5.41) is 12.0. The van der Waals surface area contributed by atoms with Crippen molar-refractivity contribution in [2.24, 2.45) is 0 Å². The first kappa shape index (κ1) is 11.6. The summed E-state index contributed by atoms with van der Waals surface area (Å²) in [6.45, 7) is 0. The topological polar surface area (TPSA) is 63.1 Å². The average Bonchev–Trinajstić information content (AvgIpc) is 2.94. The summed E-state index contributed by atoms with van der Waals surface area (Å²) in [5.41, 5.74) is 0.887. The number of hydrogen-bond donors (Lipinski definition) is 1. The number of rotatable bonds is 2. The highest BCUT2D eigenvalue weighted by Crippen LogP contribution is 2.39. The van der Waals surface area contributed by atoms with Gasteiger partial charge in [0, 0.05) is 15.8 Å². The van der Waals surface area contributed by atoms with Crippen molar-refractivity contribution in [3.8, 4) is 10.4 Å². The molecule has 0 atom stereocenters. The number of halogens is 1. The highest BCUT2D eigenvalue weighted by Gasteiger charge is 2.15. The van der Waals surface area contributed by atoms with E-state index < -0.39 is 5.97 Å². The lowest BCUT2D eigenvalue weighted by Gasteiger charge is -1.96. The Morgan fingerprint density at radius 3 is 2.89 bits per heavy atom. The van der Waals surface area contributed by atoms with E-state index in [9.17, 15) is 4.79 Å². The zero-order chi connectivity index (χ0) is 12.7. The van der Waals surface area contributed by atoms with Crippen LogP contribution in [0.3, 0.4) is 0 Å². The summed E-state index contributed by atoms with van der Waals surface area (Å²) >= 11 is 8.75. The van der Waals surface area contributed by atoms with Crippen LogP contribution in [0.25, 0.3) is 20.7 Å². The Morgan fingerprint density at radius 1 is 1.33 bits per heavy atom. The molecule has 0 aliphatic rings. The van der Waals surface area contributed by atoms with Crippen molar-refractivity contribution in [1.82, 2.24) is 9.97 Å². The number of thiophene rings is 2. The molecule has 1 N–H and O–H groups in total. The minimum atomic E-state index is -0.923. The lowest BCUT2D eigenvalue weighted by atomic mass is 10.2. The minimum Gasteiger partial charge on any atom is -0.477 e. The van der Waals surface area contributed by atoms with E-state index in [-0.39, 0.29) is 0 Å². The van der Waals surface area contributed by atoms with Gasteiger partial charge in [-0.25, -0.2) is 14.8 Å². The molecular weight excluding hydrogens is 292 g/mol. The Hall–Kier alpha value is -1.50. The lowest BCUT2D eigenvalue weighted by molar-refractivity contribution is 0.0702. The van der Waals surface area contributed by atoms with Crippen LogP contribution >= 0.6 is 34.3 Å². The summed E-state index contributed by atoms with van der Waals surface area (Å²) < 4.78 is 0. The minimum absolute atomic E-state index is 0.303. The largest absolute Gasteiger partial charge is 0.477 e. The second-order valence-corrected chi connectivity index (χ2v) is 5.76. The van der Waals surface area contributed by atoms with E-state index in [1.807, 2.05) is 5.38 Å². The first-order valence-electron chi connectivity index (χ1n) is 4.88. The van der Waals surface area contributed by atoms with Crippen LogP contribution in [-0.2, 0) is 0 Å². The molecule has 0 aromatic carbocycles. The predicted octanol–water partition coefficient (Wildman–Crippen LogP) is 3.77. The first-order valence-corrected chi connectivity index (χ1v) is 6.95. The highest BCUT2D eigenvalue weighted by atomic mass is 35.5. The predicted molar refractivity (Wildman–Crippen MR) is 72.7 cm³/mol. The zero-order valence-corrected chi connectivity index (χ0v) is 11.1. The fourth-order valence-electron chi connectivity index (χ4n) is 1.62. The molecule has 0 spiro atoms. The SMILES string of the molecule is O=C(O)c1ccc(-c2csc3ncnc(Cl)c23)s1. The van der Waals surface area contributed by atoms with Crippen LogP contribution in [-0.4, -0.2) is 21.0 Å². The maximum atomic E-state index is 10.9. The molecule has 0 unspecified atom stereocenters. The fraction of sp³-hybridized carbons (Fsp3) is 0. The van der Waals surface area contributed by atoms with Crippen LogP contribution in [0.1, 0.15) is 9.67 Å². The van der Waals surface area contributed by atoms with Gasteiger partial charge in [-0.1, -0.05) is 11.6 Å². The number of fused-ring (bicyclic) bond motifs is 1. The summed E-state index contributed by atoms with van der Waals surface area (Å²) in [4.78, 5) is 20.9. The van der Waals surface area contributed by atoms with Crippen molar-refractivity contribution < 1.29 is 9.90 Å². The molecule has 0 aliphatic heterocycles. The molecule has 7 heteroatoms. The van der Waals surface area contributed by atoms with E-state index in [0.29, 0.717) is 10.0 Å². The Morgan fingerprint density at radius 2 is 2.17 bits per heavy atom. The van der Waals surface area contributed by atoms with Crippen molar-refractivity contribution in [2.75, 3.05) is 0 Å². The molecular formula is C11H5ClN2O2S2. The van der Waals surface area contributed by atoms with E-state index >= 15 is 0 Å². The lowest BCUT2D eigenvalue weighted by Crippen LogP contribution is -1.89. The van der Waals surface area contributed by atoms with Gasteiger partial charge in [0.05, 0.1) is 5.39 Å². The van der Waals surface area contributed by atoms with E-state index in [2.05, 4.69) is 9.97 Å². The third-order valence-corrected chi connectivity index (χ3v) is 4.69. The number of aromatic carboxylic acids is 1. The molecule has 3 aromatic rings. The van der Waals surface area contributed by atoms with E-state index in [1.54, 1.807) is 12.1 Å². The molecule has 0 saturated carbocycles. The molecule has 90 valence electrons. The van der Waals surface area contributed by atoms with Gasteiger partial charge in [0.15, 0.2) is 0 Å². The second-order valence-electron chi connectivity index (χ2n) is 3.46. The van der Waals surface area contributed by atoms with Crippen molar-refractivity contribution >= 4 is 50.5 Å². The monoisotopic (exact) mass is 296 g/mol. The number of aromatic nitrogens is 2. The van der Waals surface area contributed by atoms with Crippen molar-refractivity contribution in [1.29, 1.82) is 0 Å². The van der Waals surface area contributed by atoms with Crippen molar-refractivity contribution in [3.05, 3.63) is 33.9 Å². The van der Waals surface area contributed by atoms with Crippen LogP contribution in [0.5, 0.6) is 0 Å².